The second-order valence-corrected chi connectivity index (χ2v) is 5.73. The number of likely N-dealkylation sites (tertiary alicyclic amines) is 1. The number of halogens is 1. The lowest BCUT2D eigenvalue weighted by atomic mass is 10.1. The van der Waals surface area contributed by atoms with E-state index >= 15 is 0 Å². The zero-order valence-electron chi connectivity index (χ0n) is 11.9. The summed E-state index contributed by atoms with van der Waals surface area (Å²) in [6, 6.07) is 7.34. The van der Waals surface area contributed by atoms with Crippen LogP contribution in [0.1, 0.15) is 26.2 Å². The van der Waals surface area contributed by atoms with Gasteiger partial charge in [0.05, 0.1) is 0 Å². The van der Waals surface area contributed by atoms with Gasteiger partial charge in [-0.05, 0) is 51.1 Å². The Labute approximate surface area is 125 Å². The average Bonchev–Trinajstić information content (AvgIpc) is 2.46. The molecule has 1 aliphatic heterocycles. The maximum absolute atomic E-state index is 11.8. The summed E-state index contributed by atoms with van der Waals surface area (Å²) >= 11 is 5.88. The zero-order chi connectivity index (χ0) is 14.4. The number of amides is 2. The molecular formula is C15H22ClN3O. The second kappa shape index (κ2) is 7.50. The SMILES string of the molecule is CC(CNC(=O)Nc1cccc(Cl)c1)N1CCCCC1. The number of piperidine rings is 1. The van der Waals surface area contributed by atoms with Crippen molar-refractivity contribution in [3.63, 3.8) is 0 Å². The molecule has 1 fully saturated rings. The minimum absolute atomic E-state index is 0.184. The molecule has 0 aromatic heterocycles. The van der Waals surface area contributed by atoms with Gasteiger partial charge in [0.1, 0.15) is 0 Å². The monoisotopic (exact) mass is 295 g/mol. The van der Waals surface area contributed by atoms with Crippen molar-refractivity contribution in [1.82, 2.24) is 10.2 Å². The van der Waals surface area contributed by atoms with Crippen LogP contribution < -0.4 is 10.6 Å². The van der Waals surface area contributed by atoms with E-state index in [9.17, 15) is 4.79 Å². The highest BCUT2D eigenvalue weighted by Crippen LogP contribution is 2.15. The number of nitrogens with one attached hydrogen (secondary N) is 2. The lowest BCUT2D eigenvalue weighted by Crippen LogP contribution is -2.45. The van der Waals surface area contributed by atoms with Gasteiger partial charge in [-0.3, -0.25) is 4.90 Å². The van der Waals surface area contributed by atoms with E-state index in [2.05, 4.69) is 22.5 Å². The van der Waals surface area contributed by atoms with Crippen molar-refractivity contribution in [2.75, 3.05) is 25.0 Å². The molecule has 0 spiro atoms. The number of anilines is 1. The van der Waals surface area contributed by atoms with Crippen LogP contribution >= 0.6 is 11.6 Å². The molecule has 4 nitrogen and oxygen atoms in total. The topological polar surface area (TPSA) is 44.4 Å². The number of urea groups is 1. The molecule has 0 radical (unpaired) electrons. The first-order valence-electron chi connectivity index (χ1n) is 7.19. The van der Waals surface area contributed by atoms with E-state index < -0.39 is 0 Å². The van der Waals surface area contributed by atoms with E-state index in [1.807, 2.05) is 12.1 Å². The van der Waals surface area contributed by atoms with Gasteiger partial charge in [0.2, 0.25) is 0 Å². The molecule has 110 valence electrons. The van der Waals surface area contributed by atoms with E-state index in [-0.39, 0.29) is 6.03 Å². The molecule has 2 N–H and O–H groups in total. The third-order valence-corrected chi connectivity index (χ3v) is 3.89. The predicted molar refractivity (Wildman–Crippen MR) is 83.4 cm³/mol. The smallest absolute Gasteiger partial charge is 0.319 e. The van der Waals surface area contributed by atoms with E-state index in [1.54, 1.807) is 12.1 Å². The highest BCUT2D eigenvalue weighted by molar-refractivity contribution is 6.30. The number of hydrogen-bond donors (Lipinski definition) is 2. The Bertz CT molecular complexity index is 446. The van der Waals surface area contributed by atoms with Gasteiger partial charge in [0.25, 0.3) is 0 Å². The van der Waals surface area contributed by atoms with E-state index in [4.69, 9.17) is 11.6 Å². The first kappa shape index (κ1) is 15.1. The second-order valence-electron chi connectivity index (χ2n) is 5.29. The first-order valence-corrected chi connectivity index (χ1v) is 7.57. The van der Waals surface area contributed by atoms with Gasteiger partial charge in [-0.1, -0.05) is 24.1 Å². The standard InChI is InChI=1S/C15H22ClN3O/c1-12(19-8-3-2-4-9-19)11-17-15(20)18-14-7-5-6-13(16)10-14/h5-7,10,12H,2-4,8-9,11H2,1H3,(H2,17,18,20). The summed E-state index contributed by atoms with van der Waals surface area (Å²) < 4.78 is 0. The van der Waals surface area contributed by atoms with Crippen molar-refractivity contribution in [2.24, 2.45) is 0 Å². The molecule has 2 amide bonds. The van der Waals surface area contributed by atoms with Crippen LogP contribution in [0, 0.1) is 0 Å². The van der Waals surface area contributed by atoms with Crippen molar-refractivity contribution < 1.29 is 4.79 Å². The summed E-state index contributed by atoms with van der Waals surface area (Å²) in [5.74, 6) is 0. The Morgan fingerprint density at radius 2 is 2.10 bits per heavy atom. The molecule has 1 atom stereocenters. The Morgan fingerprint density at radius 3 is 2.80 bits per heavy atom. The Morgan fingerprint density at radius 1 is 1.35 bits per heavy atom. The van der Waals surface area contributed by atoms with Crippen LogP contribution in [0.5, 0.6) is 0 Å². The molecule has 0 bridgehead atoms. The molecular weight excluding hydrogens is 274 g/mol. The van der Waals surface area contributed by atoms with Gasteiger partial charge in [-0.25, -0.2) is 4.79 Å². The van der Waals surface area contributed by atoms with Crippen molar-refractivity contribution >= 4 is 23.3 Å². The van der Waals surface area contributed by atoms with Gasteiger partial charge < -0.3 is 10.6 Å². The largest absolute Gasteiger partial charge is 0.336 e. The summed E-state index contributed by atoms with van der Waals surface area (Å²) in [6.45, 7) is 5.09. The quantitative estimate of drug-likeness (QED) is 0.895. The minimum Gasteiger partial charge on any atom is -0.336 e. The van der Waals surface area contributed by atoms with Crippen LogP contribution in [0.4, 0.5) is 10.5 Å². The van der Waals surface area contributed by atoms with E-state index in [0.717, 1.165) is 13.1 Å². The van der Waals surface area contributed by atoms with Crippen LogP contribution in [-0.2, 0) is 0 Å². The molecule has 1 unspecified atom stereocenters. The number of rotatable bonds is 4. The fourth-order valence-electron chi connectivity index (χ4n) is 2.47. The fourth-order valence-corrected chi connectivity index (χ4v) is 2.66. The summed E-state index contributed by atoms with van der Waals surface area (Å²) in [4.78, 5) is 14.3. The van der Waals surface area contributed by atoms with Crippen LogP contribution in [-0.4, -0.2) is 36.6 Å². The average molecular weight is 296 g/mol. The lowest BCUT2D eigenvalue weighted by Gasteiger charge is -2.32. The number of hydrogen-bond acceptors (Lipinski definition) is 2. The molecule has 0 aliphatic carbocycles. The molecule has 2 rings (SSSR count). The Kier molecular flexibility index (Phi) is 5.68. The molecule has 1 aromatic carbocycles. The van der Waals surface area contributed by atoms with Crippen LogP contribution in [0.15, 0.2) is 24.3 Å². The normalized spacial score (nSPS) is 17.5. The van der Waals surface area contributed by atoms with Crippen molar-refractivity contribution in [3.8, 4) is 0 Å². The molecule has 5 heteroatoms. The lowest BCUT2D eigenvalue weighted by molar-refractivity contribution is 0.171. The maximum Gasteiger partial charge on any atom is 0.319 e. The number of carbonyl (C=O) groups excluding carboxylic acids is 1. The molecule has 1 heterocycles. The van der Waals surface area contributed by atoms with Gasteiger partial charge in [-0.2, -0.15) is 0 Å². The minimum atomic E-state index is -0.184. The van der Waals surface area contributed by atoms with Crippen LogP contribution in [0.25, 0.3) is 0 Å². The Balaban J connectivity index is 1.74. The summed E-state index contributed by atoms with van der Waals surface area (Å²) in [5.41, 5.74) is 0.709. The van der Waals surface area contributed by atoms with Gasteiger partial charge in [-0.15, -0.1) is 0 Å². The molecule has 0 saturated carbocycles. The van der Waals surface area contributed by atoms with E-state index in [1.165, 1.54) is 19.3 Å². The van der Waals surface area contributed by atoms with Crippen LogP contribution in [0.2, 0.25) is 5.02 Å². The first-order chi connectivity index (χ1) is 9.65. The third-order valence-electron chi connectivity index (χ3n) is 3.65. The van der Waals surface area contributed by atoms with Gasteiger partial charge in [0.15, 0.2) is 0 Å². The molecule has 1 aliphatic rings. The summed E-state index contributed by atoms with van der Waals surface area (Å²) in [7, 11) is 0. The molecule has 1 aromatic rings. The maximum atomic E-state index is 11.8. The van der Waals surface area contributed by atoms with E-state index in [0.29, 0.717) is 23.3 Å². The van der Waals surface area contributed by atoms with Crippen LogP contribution in [0.3, 0.4) is 0 Å². The number of benzene rings is 1. The molecule has 20 heavy (non-hydrogen) atoms. The van der Waals surface area contributed by atoms with Crippen molar-refractivity contribution in [1.29, 1.82) is 0 Å². The Hall–Kier alpha value is -1.26. The fraction of sp³-hybridized carbons (Fsp3) is 0.533. The molecule has 1 saturated heterocycles. The van der Waals surface area contributed by atoms with Crippen molar-refractivity contribution in [3.05, 3.63) is 29.3 Å². The number of carbonyl (C=O) groups is 1. The highest BCUT2D eigenvalue weighted by Gasteiger charge is 2.16. The van der Waals surface area contributed by atoms with Crippen molar-refractivity contribution in [2.45, 2.75) is 32.2 Å². The predicted octanol–water partition coefficient (Wildman–Crippen LogP) is 3.34. The van der Waals surface area contributed by atoms with Gasteiger partial charge >= 0.3 is 6.03 Å². The zero-order valence-corrected chi connectivity index (χ0v) is 12.6. The number of nitrogens with zero attached hydrogens (tertiary/aromatic N) is 1. The third kappa shape index (κ3) is 4.69. The van der Waals surface area contributed by atoms with Gasteiger partial charge in [0, 0.05) is 23.3 Å². The summed E-state index contributed by atoms with van der Waals surface area (Å²) in [6.07, 6.45) is 3.85. The highest BCUT2D eigenvalue weighted by atomic mass is 35.5. The summed E-state index contributed by atoms with van der Waals surface area (Å²) in [5, 5.41) is 6.32.